The Kier molecular flexibility index (Phi) is 5.18. The van der Waals surface area contributed by atoms with Crippen LogP contribution in [0.5, 0.6) is 0 Å². The van der Waals surface area contributed by atoms with Crippen molar-refractivity contribution in [1.82, 2.24) is 14.5 Å². The van der Waals surface area contributed by atoms with Gasteiger partial charge in [-0.15, -0.1) is 0 Å². The van der Waals surface area contributed by atoms with E-state index < -0.39 is 0 Å². The summed E-state index contributed by atoms with van der Waals surface area (Å²) in [6, 6.07) is 19.5. The van der Waals surface area contributed by atoms with Crippen molar-refractivity contribution in [3.8, 4) is 0 Å². The minimum Gasteiger partial charge on any atom is -0.459 e. The summed E-state index contributed by atoms with van der Waals surface area (Å²) in [5, 5.41) is 2.98. The second kappa shape index (κ2) is 8.28. The molecule has 1 aliphatic rings. The molecule has 3 heterocycles. The molecule has 2 aromatic carbocycles. The number of aromatic nitrogens is 2. The zero-order valence-corrected chi connectivity index (χ0v) is 17.5. The number of fused-ring (bicyclic) bond motifs is 1. The van der Waals surface area contributed by atoms with Crippen molar-refractivity contribution >= 4 is 28.3 Å². The molecule has 2 aromatic heterocycles. The van der Waals surface area contributed by atoms with E-state index in [-0.39, 0.29) is 5.91 Å². The number of nitrogens with one attached hydrogen (secondary N) is 1. The van der Waals surface area contributed by atoms with E-state index in [0.717, 1.165) is 61.0 Å². The SMILES string of the molecule is Cn1c(CN2CCN(c3ccccc3NC(=O)c3ccco3)CC2)nc2ccccc21. The van der Waals surface area contributed by atoms with Gasteiger partial charge in [-0.1, -0.05) is 24.3 Å². The van der Waals surface area contributed by atoms with Crippen molar-refractivity contribution in [2.45, 2.75) is 6.54 Å². The molecule has 158 valence electrons. The fourth-order valence-corrected chi connectivity index (χ4v) is 4.13. The highest BCUT2D eigenvalue weighted by Crippen LogP contribution is 2.27. The first-order valence-electron chi connectivity index (χ1n) is 10.5. The summed E-state index contributed by atoms with van der Waals surface area (Å²) in [5.41, 5.74) is 4.04. The van der Waals surface area contributed by atoms with Gasteiger partial charge in [-0.05, 0) is 36.4 Å². The highest BCUT2D eigenvalue weighted by atomic mass is 16.3. The predicted molar refractivity (Wildman–Crippen MR) is 121 cm³/mol. The van der Waals surface area contributed by atoms with Gasteiger partial charge < -0.3 is 19.2 Å². The summed E-state index contributed by atoms with van der Waals surface area (Å²) in [6.07, 6.45) is 1.50. The number of furan rings is 1. The third-order valence-electron chi connectivity index (χ3n) is 5.85. The van der Waals surface area contributed by atoms with E-state index in [1.807, 2.05) is 24.3 Å². The standard InChI is InChI=1S/C24H25N5O2/c1-27-20-9-4-2-7-18(20)25-23(27)17-28-12-14-29(15-13-28)21-10-5-3-8-19(21)26-24(30)22-11-6-16-31-22/h2-11,16H,12-15,17H2,1H3,(H,26,30). The van der Waals surface area contributed by atoms with E-state index in [4.69, 9.17) is 9.40 Å². The van der Waals surface area contributed by atoms with Crippen molar-refractivity contribution in [3.05, 3.63) is 78.5 Å². The van der Waals surface area contributed by atoms with Gasteiger partial charge in [0.1, 0.15) is 5.82 Å². The van der Waals surface area contributed by atoms with E-state index in [1.165, 1.54) is 6.26 Å². The van der Waals surface area contributed by atoms with Crippen LogP contribution in [0.1, 0.15) is 16.4 Å². The lowest BCUT2D eigenvalue weighted by molar-refractivity contribution is 0.0996. The molecule has 0 spiro atoms. The van der Waals surface area contributed by atoms with E-state index >= 15 is 0 Å². The lowest BCUT2D eigenvalue weighted by Crippen LogP contribution is -2.46. The first-order chi connectivity index (χ1) is 15.2. The van der Waals surface area contributed by atoms with Gasteiger partial charge in [-0.25, -0.2) is 4.98 Å². The van der Waals surface area contributed by atoms with Crippen LogP contribution in [0.15, 0.2) is 71.3 Å². The number of para-hydroxylation sites is 4. The molecular weight excluding hydrogens is 390 g/mol. The molecule has 5 rings (SSSR count). The van der Waals surface area contributed by atoms with E-state index in [1.54, 1.807) is 12.1 Å². The highest BCUT2D eigenvalue weighted by molar-refractivity contribution is 6.04. The Morgan fingerprint density at radius 2 is 1.77 bits per heavy atom. The van der Waals surface area contributed by atoms with Gasteiger partial charge in [0.15, 0.2) is 5.76 Å². The lowest BCUT2D eigenvalue weighted by Gasteiger charge is -2.36. The van der Waals surface area contributed by atoms with Crippen molar-refractivity contribution in [3.63, 3.8) is 0 Å². The first-order valence-corrected chi connectivity index (χ1v) is 10.5. The molecule has 1 amide bonds. The lowest BCUT2D eigenvalue weighted by atomic mass is 10.2. The molecule has 0 unspecified atom stereocenters. The number of carbonyl (C=O) groups excluding carboxylic acids is 1. The Balaban J connectivity index is 1.25. The second-order valence-corrected chi connectivity index (χ2v) is 7.79. The number of hydrogen-bond acceptors (Lipinski definition) is 5. The smallest absolute Gasteiger partial charge is 0.291 e. The maximum atomic E-state index is 12.4. The van der Waals surface area contributed by atoms with Crippen LogP contribution in [0, 0.1) is 0 Å². The zero-order chi connectivity index (χ0) is 21.2. The van der Waals surface area contributed by atoms with Gasteiger partial charge in [-0.2, -0.15) is 0 Å². The number of piperazine rings is 1. The molecule has 4 aromatic rings. The Morgan fingerprint density at radius 3 is 2.55 bits per heavy atom. The van der Waals surface area contributed by atoms with Crippen LogP contribution in [0.2, 0.25) is 0 Å². The van der Waals surface area contributed by atoms with Crippen LogP contribution in [-0.4, -0.2) is 46.5 Å². The highest BCUT2D eigenvalue weighted by Gasteiger charge is 2.22. The number of benzene rings is 2. The minimum atomic E-state index is -0.238. The van der Waals surface area contributed by atoms with Gasteiger partial charge >= 0.3 is 0 Å². The van der Waals surface area contributed by atoms with E-state index in [0.29, 0.717) is 5.76 Å². The predicted octanol–water partition coefficient (Wildman–Crippen LogP) is 3.74. The molecule has 31 heavy (non-hydrogen) atoms. The summed E-state index contributed by atoms with van der Waals surface area (Å²) in [6.45, 7) is 4.47. The summed E-state index contributed by atoms with van der Waals surface area (Å²) in [4.78, 5) is 22.0. The molecule has 1 fully saturated rings. The number of nitrogens with zero attached hydrogens (tertiary/aromatic N) is 4. The Morgan fingerprint density at radius 1 is 1.00 bits per heavy atom. The van der Waals surface area contributed by atoms with Gasteiger partial charge in [0.05, 0.1) is 35.2 Å². The zero-order valence-electron chi connectivity index (χ0n) is 17.5. The van der Waals surface area contributed by atoms with Crippen molar-refractivity contribution in [2.75, 3.05) is 36.4 Å². The van der Waals surface area contributed by atoms with Crippen molar-refractivity contribution in [1.29, 1.82) is 0 Å². The third kappa shape index (κ3) is 3.92. The van der Waals surface area contributed by atoms with Gasteiger partial charge in [0, 0.05) is 33.2 Å². The number of aryl methyl sites for hydroxylation is 1. The molecule has 0 saturated carbocycles. The average molecular weight is 415 g/mol. The second-order valence-electron chi connectivity index (χ2n) is 7.79. The minimum absolute atomic E-state index is 0.238. The number of hydrogen-bond donors (Lipinski definition) is 1. The quantitative estimate of drug-likeness (QED) is 0.538. The Hall–Kier alpha value is -3.58. The molecule has 7 nitrogen and oxygen atoms in total. The largest absolute Gasteiger partial charge is 0.459 e. The molecule has 1 aliphatic heterocycles. The van der Waals surface area contributed by atoms with Crippen LogP contribution < -0.4 is 10.2 Å². The van der Waals surface area contributed by atoms with Crippen LogP contribution in [0.25, 0.3) is 11.0 Å². The number of rotatable bonds is 5. The normalized spacial score (nSPS) is 14.8. The summed E-state index contributed by atoms with van der Waals surface area (Å²) >= 11 is 0. The molecule has 7 heteroatoms. The number of carbonyl (C=O) groups is 1. The Bertz CT molecular complexity index is 1190. The van der Waals surface area contributed by atoms with Crippen LogP contribution in [-0.2, 0) is 13.6 Å². The molecule has 1 N–H and O–H groups in total. The third-order valence-corrected chi connectivity index (χ3v) is 5.85. The molecule has 0 radical (unpaired) electrons. The number of imidazole rings is 1. The maximum absolute atomic E-state index is 12.4. The fraction of sp³-hybridized carbons (Fsp3) is 0.250. The van der Waals surface area contributed by atoms with Crippen LogP contribution in [0.3, 0.4) is 0 Å². The maximum Gasteiger partial charge on any atom is 0.291 e. The summed E-state index contributed by atoms with van der Waals surface area (Å²) in [5.74, 6) is 1.15. The molecular formula is C24H25N5O2. The fourth-order valence-electron chi connectivity index (χ4n) is 4.13. The molecule has 0 atom stereocenters. The average Bonchev–Trinajstić information content (AvgIpc) is 3.44. The molecule has 0 bridgehead atoms. The first kappa shape index (κ1) is 19.4. The number of amides is 1. The van der Waals surface area contributed by atoms with Gasteiger partial charge in [-0.3, -0.25) is 9.69 Å². The monoisotopic (exact) mass is 415 g/mol. The Labute approximate surface area is 180 Å². The van der Waals surface area contributed by atoms with E-state index in [9.17, 15) is 4.79 Å². The van der Waals surface area contributed by atoms with Crippen LogP contribution in [0.4, 0.5) is 11.4 Å². The van der Waals surface area contributed by atoms with Gasteiger partial charge in [0.2, 0.25) is 0 Å². The molecule has 0 aliphatic carbocycles. The van der Waals surface area contributed by atoms with Gasteiger partial charge in [0.25, 0.3) is 5.91 Å². The van der Waals surface area contributed by atoms with Crippen molar-refractivity contribution in [2.24, 2.45) is 7.05 Å². The van der Waals surface area contributed by atoms with Crippen molar-refractivity contribution < 1.29 is 9.21 Å². The topological polar surface area (TPSA) is 66.5 Å². The summed E-state index contributed by atoms with van der Waals surface area (Å²) < 4.78 is 7.40. The number of anilines is 2. The summed E-state index contributed by atoms with van der Waals surface area (Å²) in [7, 11) is 2.08. The van der Waals surface area contributed by atoms with Crippen LogP contribution >= 0.6 is 0 Å². The van der Waals surface area contributed by atoms with E-state index in [2.05, 4.69) is 51.0 Å². The molecule has 1 saturated heterocycles.